The summed E-state index contributed by atoms with van der Waals surface area (Å²) in [5, 5.41) is -0.221. The second-order valence-electron chi connectivity index (χ2n) is 4.23. The number of nitrogens with one attached hydrogen (secondary N) is 1. The van der Waals surface area contributed by atoms with Gasteiger partial charge in [-0.2, -0.15) is 0 Å². The van der Waals surface area contributed by atoms with E-state index in [9.17, 15) is 9.59 Å². The van der Waals surface area contributed by atoms with Crippen molar-refractivity contribution < 1.29 is 14.3 Å². The van der Waals surface area contributed by atoms with Crippen molar-refractivity contribution in [1.82, 2.24) is 14.9 Å². The van der Waals surface area contributed by atoms with Gasteiger partial charge >= 0.3 is 5.97 Å². The SMILES string of the molecule is CCCCOC(=O)CN1C(=O)CSC1c1ncc[nH]1. The number of imidazole rings is 1. The van der Waals surface area contributed by atoms with E-state index in [-0.39, 0.29) is 23.8 Å². The second-order valence-corrected chi connectivity index (χ2v) is 5.30. The van der Waals surface area contributed by atoms with Crippen LogP contribution in [0.3, 0.4) is 0 Å². The van der Waals surface area contributed by atoms with Crippen LogP contribution < -0.4 is 0 Å². The van der Waals surface area contributed by atoms with E-state index >= 15 is 0 Å². The number of hydrogen-bond acceptors (Lipinski definition) is 5. The minimum Gasteiger partial charge on any atom is -0.464 e. The molecule has 0 spiro atoms. The quantitative estimate of drug-likeness (QED) is 0.629. The molecule has 1 N–H and O–H groups in total. The molecule has 104 valence electrons. The Balaban J connectivity index is 1.93. The Kier molecular flexibility index (Phi) is 4.84. The fourth-order valence-electron chi connectivity index (χ4n) is 1.78. The summed E-state index contributed by atoms with van der Waals surface area (Å²) >= 11 is 1.46. The maximum absolute atomic E-state index is 11.8. The van der Waals surface area contributed by atoms with Crippen LogP contribution >= 0.6 is 11.8 Å². The molecule has 0 aromatic carbocycles. The molecular formula is C12H17N3O3S. The molecule has 6 nitrogen and oxygen atoms in total. The van der Waals surface area contributed by atoms with E-state index in [1.165, 1.54) is 16.7 Å². The highest BCUT2D eigenvalue weighted by Gasteiger charge is 2.35. The molecule has 1 aromatic rings. The Morgan fingerprint density at radius 3 is 3.21 bits per heavy atom. The lowest BCUT2D eigenvalue weighted by Gasteiger charge is -2.21. The zero-order valence-electron chi connectivity index (χ0n) is 10.8. The van der Waals surface area contributed by atoms with Crippen molar-refractivity contribution in [2.24, 2.45) is 0 Å². The van der Waals surface area contributed by atoms with Gasteiger partial charge in [0, 0.05) is 12.4 Å². The zero-order chi connectivity index (χ0) is 13.7. The molecule has 2 rings (SSSR count). The minimum absolute atomic E-state index is 0.0130. The first kappa shape index (κ1) is 13.9. The number of carbonyl (C=O) groups excluding carboxylic acids is 2. The molecule has 1 aromatic heterocycles. The maximum atomic E-state index is 11.8. The third-order valence-corrected chi connectivity index (χ3v) is 3.99. The molecule has 1 aliphatic rings. The molecule has 0 aliphatic carbocycles. The number of rotatable bonds is 6. The van der Waals surface area contributed by atoms with E-state index in [2.05, 4.69) is 9.97 Å². The van der Waals surface area contributed by atoms with Crippen LogP contribution in [0.4, 0.5) is 0 Å². The summed E-state index contributed by atoms with van der Waals surface area (Å²) in [4.78, 5) is 32.1. The maximum Gasteiger partial charge on any atom is 0.325 e. The van der Waals surface area contributed by atoms with Crippen molar-refractivity contribution in [2.45, 2.75) is 25.1 Å². The van der Waals surface area contributed by atoms with Crippen molar-refractivity contribution >= 4 is 23.6 Å². The van der Waals surface area contributed by atoms with Crippen molar-refractivity contribution in [2.75, 3.05) is 18.9 Å². The second kappa shape index (κ2) is 6.60. The van der Waals surface area contributed by atoms with Crippen molar-refractivity contribution in [3.05, 3.63) is 18.2 Å². The highest BCUT2D eigenvalue weighted by molar-refractivity contribution is 8.00. The first-order chi connectivity index (χ1) is 9.22. The smallest absolute Gasteiger partial charge is 0.325 e. The zero-order valence-corrected chi connectivity index (χ0v) is 11.6. The predicted octanol–water partition coefficient (Wildman–Crippen LogP) is 1.33. The predicted molar refractivity (Wildman–Crippen MR) is 71.4 cm³/mol. The van der Waals surface area contributed by atoms with Crippen LogP contribution in [-0.2, 0) is 14.3 Å². The van der Waals surface area contributed by atoms with Crippen molar-refractivity contribution in [1.29, 1.82) is 0 Å². The van der Waals surface area contributed by atoms with Crippen LogP contribution in [0.2, 0.25) is 0 Å². The van der Waals surface area contributed by atoms with E-state index in [0.717, 1.165) is 12.8 Å². The summed E-state index contributed by atoms with van der Waals surface area (Å²) in [7, 11) is 0. The first-order valence-electron chi connectivity index (χ1n) is 6.28. The van der Waals surface area contributed by atoms with Crippen molar-refractivity contribution in [3.8, 4) is 0 Å². The number of carbonyl (C=O) groups is 2. The van der Waals surface area contributed by atoms with Gasteiger partial charge in [-0.25, -0.2) is 4.98 Å². The molecular weight excluding hydrogens is 266 g/mol. The third-order valence-electron chi connectivity index (χ3n) is 2.78. The summed E-state index contributed by atoms with van der Waals surface area (Å²) in [5.41, 5.74) is 0. The normalized spacial score (nSPS) is 18.9. The Hall–Kier alpha value is -1.50. The summed E-state index contributed by atoms with van der Waals surface area (Å²) in [6.07, 6.45) is 5.16. The molecule has 1 atom stereocenters. The minimum atomic E-state index is -0.360. The Morgan fingerprint density at radius 1 is 1.68 bits per heavy atom. The van der Waals surface area contributed by atoms with Gasteiger partial charge in [-0.15, -0.1) is 11.8 Å². The highest BCUT2D eigenvalue weighted by atomic mass is 32.2. The number of nitrogens with zero attached hydrogens (tertiary/aromatic N) is 2. The molecule has 19 heavy (non-hydrogen) atoms. The molecule has 1 fully saturated rings. The number of ether oxygens (including phenoxy) is 1. The van der Waals surface area contributed by atoms with E-state index < -0.39 is 0 Å². The van der Waals surface area contributed by atoms with E-state index in [1.54, 1.807) is 12.4 Å². The van der Waals surface area contributed by atoms with E-state index in [0.29, 0.717) is 18.2 Å². The molecule has 1 aliphatic heterocycles. The number of esters is 1. The van der Waals surface area contributed by atoms with Crippen LogP contribution in [0.5, 0.6) is 0 Å². The number of amides is 1. The summed E-state index contributed by atoms with van der Waals surface area (Å²) in [6, 6.07) is 0. The molecule has 1 unspecified atom stereocenters. The van der Waals surface area contributed by atoms with Crippen molar-refractivity contribution in [3.63, 3.8) is 0 Å². The first-order valence-corrected chi connectivity index (χ1v) is 7.33. The average Bonchev–Trinajstić information content (AvgIpc) is 3.01. The number of H-pyrrole nitrogens is 1. The standard InChI is InChI=1S/C12H17N3O3S/c1-2-3-6-18-10(17)7-15-9(16)8-19-12(15)11-13-4-5-14-11/h4-5,12H,2-3,6-8H2,1H3,(H,13,14). The fraction of sp³-hybridized carbons (Fsp3) is 0.583. The number of aromatic amines is 1. The van der Waals surface area contributed by atoms with Gasteiger partial charge in [-0.1, -0.05) is 13.3 Å². The molecule has 0 saturated carbocycles. The topological polar surface area (TPSA) is 75.3 Å². The Labute approximate surface area is 115 Å². The molecule has 2 heterocycles. The van der Waals surface area contributed by atoms with Crippen LogP contribution in [0.1, 0.15) is 31.0 Å². The summed E-state index contributed by atoms with van der Waals surface area (Å²) < 4.78 is 5.09. The van der Waals surface area contributed by atoms with Gasteiger partial charge in [0.2, 0.25) is 5.91 Å². The van der Waals surface area contributed by atoms with Gasteiger partial charge in [-0.05, 0) is 6.42 Å². The highest BCUT2D eigenvalue weighted by Crippen LogP contribution is 2.36. The van der Waals surface area contributed by atoms with E-state index in [4.69, 9.17) is 4.74 Å². The molecule has 0 radical (unpaired) electrons. The Bertz CT molecular complexity index is 435. The average molecular weight is 283 g/mol. The van der Waals surface area contributed by atoms with Gasteiger partial charge < -0.3 is 14.6 Å². The third kappa shape index (κ3) is 3.50. The van der Waals surface area contributed by atoms with Crippen LogP contribution in [-0.4, -0.2) is 45.6 Å². The Morgan fingerprint density at radius 2 is 2.53 bits per heavy atom. The largest absolute Gasteiger partial charge is 0.464 e. The van der Waals surface area contributed by atoms with E-state index in [1.807, 2.05) is 6.92 Å². The van der Waals surface area contributed by atoms with Gasteiger partial charge in [-0.3, -0.25) is 9.59 Å². The van der Waals surface area contributed by atoms with Gasteiger partial charge in [0.25, 0.3) is 0 Å². The lowest BCUT2D eigenvalue weighted by atomic mass is 10.4. The number of hydrogen-bond donors (Lipinski definition) is 1. The molecule has 0 bridgehead atoms. The number of unbranched alkanes of at least 4 members (excludes halogenated alkanes) is 1. The monoisotopic (exact) mass is 283 g/mol. The lowest BCUT2D eigenvalue weighted by Crippen LogP contribution is -2.34. The lowest BCUT2D eigenvalue weighted by molar-refractivity contribution is -0.148. The van der Waals surface area contributed by atoms with Crippen LogP contribution in [0.15, 0.2) is 12.4 Å². The number of thioether (sulfide) groups is 1. The summed E-state index contributed by atoms with van der Waals surface area (Å²) in [5.74, 6) is 0.644. The number of aromatic nitrogens is 2. The van der Waals surface area contributed by atoms with Gasteiger partial charge in [0.1, 0.15) is 17.7 Å². The molecule has 1 saturated heterocycles. The fourth-order valence-corrected chi connectivity index (χ4v) is 2.90. The van der Waals surface area contributed by atoms with Gasteiger partial charge in [0.15, 0.2) is 0 Å². The molecule has 7 heteroatoms. The van der Waals surface area contributed by atoms with Gasteiger partial charge in [0.05, 0.1) is 12.4 Å². The molecule has 1 amide bonds. The van der Waals surface area contributed by atoms with Crippen LogP contribution in [0.25, 0.3) is 0 Å². The van der Waals surface area contributed by atoms with Crippen LogP contribution in [0, 0.1) is 0 Å². The summed E-state index contributed by atoms with van der Waals surface area (Å²) in [6.45, 7) is 2.43.